The molecule has 2 aromatic carbocycles. The van der Waals surface area contributed by atoms with Gasteiger partial charge in [-0.3, -0.25) is 29.5 Å². The number of fused-ring (bicyclic) bond motifs is 2. The van der Waals surface area contributed by atoms with Gasteiger partial charge in [0.15, 0.2) is 5.78 Å². The van der Waals surface area contributed by atoms with Gasteiger partial charge in [0.1, 0.15) is 23.3 Å². The molecule has 21 nitrogen and oxygen atoms in total. The molecule has 0 saturated carbocycles. The second-order valence-electron chi connectivity index (χ2n) is 30.1. The van der Waals surface area contributed by atoms with E-state index in [0.717, 1.165) is 177 Å². The zero-order valence-electron chi connectivity index (χ0n) is 70.3. The average Bonchev–Trinajstić information content (AvgIpc) is 1.64. The molecule has 10 aromatic heterocycles. The summed E-state index contributed by atoms with van der Waals surface area (Å²) in [5, 5.41) is 9.09. The van der Waals surface area contributed by atoms with E-state index < -0.39 is 11.9 Å². The first kappa shape index (κ1) is 96.3. The normalized spacial score (nSPS) is 12.8. The topological polar surface area (TPSA) is 253 Å². The molecule has 0 atom stereocenters. The van der Waals surface area contributed by atoms with Crippen molar-refractivity contribution in [1.29, 1.82) is 0 Å². The first-order valence-electron chi connectivity index (χ1n) is 38.3. The largest absolute Gasteiger partial charge is 0.496 e. The van der Waals surface area contributed by atoms with Crippen LogP contribution < -0.4 is 41.8 Å². The average molecular weight is 2060 g/mol. The molecule has 628 valence electrons. The lowest BCUT2D eigenvalue weighted by molar-refractivity contribution is 0.00578. The Morgan fingerprint density at radius 2 is 0.850 bits per heavy atom. The van der Waals surface area contributed by atoms with Crippen LogP contribution in [0.25, 0.3) is 11.1 Å². The molecular weight excluding hydrogens is 1960 g/mol. The van der Waals surface area contributed by atoms with E-state index in [-0.39, 0.29) is 54.0 Å². The van der Waals surface area contributed by atoms with Crippen molar-refractivity contribution >= 4 is 163 Å². The highest BCUT2D eigenvalue weighted by atomic mass is 127. The first-order valence-corrected chi connectivity index (χ1v) is 42.2. The van der Waals surface area contributed by atoms with Gasteiger partial charge in [-0.05, 0) is 284 Å². The number of hydrogen-bond donors (Lipinski definition) is 4. The third-order valence-corrected chi connectivity index (χ3v) is 23.6. The standard InChI is InChI=1S/C23H25N5O.C20H28BN3O2.C14H16BrN3.C12H10BrFN2.C10H10BrNO.C6H7BrN2.C5H3BrFN.HI/c1-14-9-16(10-15-5-8-21(26-11-15)28(3)4)25-12-18(14)17-6-7-20(24-2)22-19(17)13-27-23(22)29;1-14-10-16(11-15-8-9-18(23-12-15)24(6)7)22-13-17(14)21-25-19(2,3)20(4,5)26-21;1-10-6-12(16-9-13(10)15)7-11-4-5-14(17-8-11)18(2)3;1-8-4-10(15-7-11(8)13)5-9-2-3-12(14)16-6-9;1-12-8-4-3-7(11)6-2-5-9(13)10(6)8;1-4-2-6(8)9-3-5(4)7;6-4-1-2-5(7)8-3-4;/h5-9,11-12,24H,10,13H2,1-4H3,(H,27,29);8-10,12-13H,11H2,1-7H3;4-6,8-9H,7H2,1-3H3;2-4,6-7H,5H2,1H3;3-4,12H,2,5H2,1H3;2-3H,1H3,(H2,8,9);1-3H;1H. The third-order valence-electron chi connectivity index (χ3n) is 19.9. The number of nitrogens with zero attached hydrogens (tertiary/aromatic N) is 13. The number of carbonyl (C=O) groups excluding carboxylic acids is 2. The molecule has 3 aliphatic rings. The fourth-order valence-corrected chi connectivity index (χ4v) is 13.9. The molecule has 120 heavy (non-hydrogen) atoms. The Kier molecular flexibility index (Phi) is 35.8. The van der Waals surface area contributed by atoms with Gasteiger partial charge in [0.05, 0.1) is 16.8 Å². The minimum absolute atomic E-state index is 0. The van der Waals surface area contributed by atoms with E-state index in [2.05, 4.69) is 231 Å². The first-order chi connectivity index (χ1) is 56.5. The SMILES string of the molecule is CNc1ccc(-c2cnc(Cc3ccc(N(C)C)nc3)cc2C)c2c1C(=O)NC2.CNc1ccc(Br)c2c1C(=O)CC2.Cc1cc(Cc2ccc(F)nc2)ncc1Br.Cc1cc(Cc2ccc(N(C)C)nc2)ncc1B1OC(C)(C)C(C)(C)O1.Cc1cc(Cc2ccc(N(C)C)nc2)ncc1Br.Cc1cc(N)ncc1Br.Fc1ccc(Br)cn1.I. The molecule has 1 amide bonds. The molecule has 1 saturated heterocycles. The van der Waals surface area contributed by atoms with Crippen LogP contribution in [0, 0.1) is 46.5 Å². The van der Waals surface area contributed by atoms with Gasteiger partial charge >= 0.3 is 7.12 Å². The Hall–Kier alpha value is -9.15. The lowest BCUT2D eigenvalue weighted by atomic mass is 9.77. The molecule has 12 aromatic rings. The highest BCUT2D eigenvalue weighted by Gasteiger charge is 2.52. The Bertz CT molecular complexity index is 5440. The summed E-state index contributed by atoms with van der Waals surface area (Å²) in [4.78, 5) is 72.0. The maximum atomic E-state index is 12.6. The van der Waals surface area contributed by atoms with Crippen molar-refractivity contribution in [2.24, 2.45) is 0 Å². The summed E-state index contributed by atoms with van der Waals surface area (Å²) >= 11 is 16.7. The fourth-order valence-electron chi connectivity index (χ4n) is 12.5. The van der Waals surface area contributed by atoms with Crippen molar-refractivity contribution in [3.05, 3.63) is 307 Å². The van der Waals surface area contributed by atoms with E-state index in [9.17, 15) is 18.4 Å². The number of rotatable bonds is 15. The van der Waals surface area contributed by atoms with Gasteiger partial charge < -0.3 is 45.7 Å². The number of aromatic nitrogens is 10. The smallest absolute Gasteiger partial charge is 0.399 e. The molecule has 0 unspecified atom stereocenters. The van der Waals surface area contributed by atoms with Gasteiger partial charge in [-0.15, -0.1) is 24.0 Å². The Morgan fingerprint density at radius 3 is 1.24 bits per heavy atom. The summed E-state index contributed by atoms with van der Waals surface area (Å²) in [6.07, 6.45) is 22.3. The summed E-state index contributed by atoms with van der Waals surface area (Å²) in [5.41, 5.74) is 27.6. The number of aryl methyl sites for hydroxylation is 5. The number of benzene rings is 2. The maximum Gasteiger partial charge on any atom is 0.496 e. The van der Waals surface area contributed by atoms with Crippen molar-refractivity contribution in [3.8, 4) is 11.1 Å². The van der Waals surface area contributed by atoms with Crippen molar-refractivity contribution in [1.82, 2.24) is 55.2 Å². The molecule has 0 spiro atoms. The van der Waals surface area contributed by atoms with Crippen LogP contribution in [0.15, 0.2) is 200 Å². The quantitative estimate of drug-likeness (QED) is 0.0423. The van der Waals surface area contributed by atoms with Gasteiger partial charge in [-0.2, -0.15) is 8.78 Å². The summed E-state index contributed by atoms with van der Waals surface area (Å²) in [6.45, 7) is 19.0. The number of anilines is 6. The number of nitrogens with one attached hydrogen (secondary N) is 3. The Labute approximate surface area is 762 Å². The van der Waals surface area contributed by atoms with Crippen LogP contribution in [-0.4, -0.2) is 136 Å². The third kappa shape index (κ3) is 26.9. The van der Waals surface area contributed by atoms with Crippen LogP contribution >= 0.6 is 104 Å². The molecule has 1 fully saturated rings. The minimum Gasteiger partial charge on any atom is -0.399 e. The highest BCUT2D eigenvalue weighted by Crippen LogP contribution is 2.39. The number of amides is 1. The van der Waals surface area contributed by atoms with Gasteiger partial charge in [-0.25, -0.2) is 29.9 Å². The van der Waals surface area contributed by atoms with Gasteiger partial charge in [0, 0.05) is 230 Å². The lowest BCUT2D eigenvalue weighted by Crippen LogP contribution is -2.41. The van der Waals surface area contributed by atoms with Crippen LogP contribution in [0.3, 0.4) is 0 Å². The second kappa shape index (κ2) is 44.6. The number of nitrogen functional groups attached to an aromatic ring is 1. The molecule has 0 bridgehead atoms. The van der Waals surface area contributed by atoms with E-state index >= 15 is 0 Å². The Morgan fingerprint density at radius 1 is 0.442 bits per heavy atom. The zero-order chi connectivity index (χ0) is 86.6. The van der Waals surface area contributed by atoms with Crippen molar-refractivity contribution < 1.29 is 27.7 Å². The van der Waals surface area contributed by atoms with Gasteiger partial charge in [0.25, 0.3) is 5.91 Å². The number of ketones is 1. The predicted octanol–water partition coefficient (Wildman–Crippen LogP) is 19.6. The summed E-state index contributed by atoms with van der Waals surface area (Å²) in [5.74, 6) is 2.75. The molecular formula is C90H100BBr5F2IN17O4. The van der Waals surface area contributed by atoms with E-state index in [4.69, 9.17) is 20.0 Å². The highest BCUT2D eigenvalue weighted by molar-refractivity contribution is 14.0. The van der Waals surface area contributed by atoms with Crippen LogP contribution in [0.4, 0.5) is 43.4 Å². The molecule has 30 heteroatoms. The van der Waals surface area contributed by atoms with Crippen LogP contribution in [0.2, 0.25) is 0 Å². The zero-order valence-corrected chi connectivity index (χ0v) is 80.6. The predicted molar refractivity (Wildman–Crippen MR) is 509 cm³/mol. The molecule has 0 radical (unpaired) electrons. The number of carbonyl (C=O) groups is 2. The van der Waals surface area contributed by atoms with E-state index in [1.54, 1.807) is 24.5 Å². The van der Waals surface area contributed by atoms with Gasteiger partial charge in [0.2, 0.25) is 11.9 Å². The number of pyridine rings is 10. The van der Waals surface area contributed by atoms with Crippen LogP contribution in [0.5, 0.6) is 0 Å². The summed E-state index contributed by atoms with van der Waals surface area (Å²) in [7, 11) is 15.2. The van der Waals surface area contributed by atoms with E-state index in [1.165, 1.54) is 35.7 Å². The van der Waals surface area contributed by atoms with Crippen LogP contribution in [0.1, 0.15) is 139 Å². The number of Topliss-reactive ketones (excluding diaryl/α,β-unsaturated/α-hetero) is 1. The van der Waals surface area contributed by atoms with Crippen molar-refractivity contribution in [2.45, 2.75) is 119 Å². The van der Waals surface area contributed by atoms with Crippen molar-refractivity contribution in [3.63, 3.8) is 0 Å². The summed E-state index contributed by atoms with van der Waals surface area (Å²) < 4.78 is 41.7. The molecule has 5 N–H and O–H groups in total. The summed E-state index contributed by atoms with van der Waals surface area (Å²) in [6, 6.07) is 36.5. The number of halogens is 8. The fraction of sp³-hybridized carbons (Fsp3) is 0.289. The molecule has 12 heterocycles. The van der Waals surface area contributed by atoms with E-state index in [1.807, 2.05) is 171 Å². The second-order valence-corrected chi connectivity index (χ2v) is 34.5. The Balaban J connectivity index is 0.000000181. The molecule has 2 aliphatic heterocycles. The minimum atomic E-state index is -0.455. The lowest BCUT2D eigenvalue weighted by Gasteiger charge is -2.32. The molecule has 15 rings (SSSR count). The number of nitrogens with two attached hydrogens (primary N) is 1. The maximum absolute atomic E-state index is 12.6. The monoisotopic (exact) mass is 2050 g/mol. The van der Waals surface area contributed by atoms with Crippen LogP contribution in [-0.2, 0) is 48.0 Å². The van der Waals surface area contributed by atoms with Gasteiger partial charge in [-0.1, -0.05) is 46.3 Å². The van der Waals surface area contributed by atoms with Crippen molar-refractivity contribution in [2.75, 3.05) is 87.4 Å². The number of hydrogen-bond acceptors (Lipinski definition) is 20. The van der Waals surface area contributed by atoms with E-state index in [0.29, 0.717) is 25.2 Å². The molecule has 1 aliphatic carbocycles.